The SMILES string of the molecule is CC(O)Cc1cc(CN)c(CC(C)O)c(CN)c1. The van der Waals surface area contributed by atoms with E-state index >= 15 is 0 Å². The molecule has 1 aromatic carbocycles. The molecule has 18 heavy (non-hydrogen) atoms. The molecule has 0 saturated heterocycles. The first-order valence-corrected chi connectivity index (χ1v) is 6.37. The number of aliphatic hydroxyl groups excluding tert-OH is 2. The molecule has 0 aliphatic rings. The van der Waals surface area contributed by atoms with Gasteiger partial charge < -0.3 is 21.7 Å². The summed E-state index contributed by atoms with van der Waals surface area (Å²) in [6.07, 6.45) is 0.357. The zero-order valence-corrected chi connectivity index (χ0v) is 11.2. The van der Waals surface area contributed by atoms with Gasteiger partial charge in [0.2, 0.25) is 0 Å². The highest BCUT2D eigenvalue weighted by Crippen LogP contribution is 2.20. The van der Waals surface area contributed by atoms with Crippen LogP contribution in [0.4, 0.5) is 0 Å². The topological polar surface area (TPSA) is 92.5 Å². The van der Waals surface area contributed by atoms with Crippen LogP contribution >= 0.6 is 0 Å². The zero-order valence-electron chi connectivity index (χ0n) is 11.2. The maximum Gasteiger partial charge on any atom is 0.0552 e. The number of nitrogens with two attached hydrogens (primary N) is 2. The minimum atomic E-state index is -0.414. The standard InChI is InChI=1S/C14H24N2O2/c1-9(17)3-11-5-12(7-15)14(4-10(2)18)13(6-11)8-16/h5-6,9-10,17-18H,3-4,7-8,15-16H2,1-2H3. The Balaban J connectivity index is 3.16. The predicted molar refractivity (Wildman–Crippen MR) is 73.0 cm³/mol. The quantitative estimate of drug-likeness (QED) is 0.591. The van der Waals surface area contributed by atoms with Crippen molar-refractivity contribution in [2.75, 3.05) is 0 Å². The zero-order chi connectivity index (χ0) is 13.7. The summed E-state index contributed by atoms with van der Waals surface area (Å²) in [5.74, 6) is 0. The monoisotopic (exact) mass is 252 g/mol. The van der Waals surface area contributed by atoms with Gasteiger partial charge in [-0.05, 0) is 48.9 Å². The predicted octanol–water partition coefficient (Wildman–Crippen LogP) is 0.451. The molecule has 0 aliphatic heterocycles. The third-order valence-electron chi connectivity index (χ3n) is 2.96. The van der Waals surface area contributed by atoms with Gasteiger partial charge in [0, 0.05) is 13.1 Å². The van der Waals surface area contributed by atoms with Crippen molar-refractivity contribution in [3.8, 4) is 0 Å². The molecule has 2 unspecified atom stereocenters. The third-order valence-corrected chi connectivity index (χ3v) is 2.96. The molecule has 0 fully saturated rings. The van der Waals surface area contributed by atoms with Crippen LogP contribution < -0.4 is 11.5 Å². The van der Waals surface area contributed by atoms with Crippen molar-refractivity contribution in [2.45, 2.75) is 52.0 Å². The van der Waals surface area contributed by atoms with Gasteiger partial charge in [0.15, 0.2) is 0 Å². The molecule has 6 N–H and O–H groups in total. The highest BCUT2D eigenvalue weighted by atomic mass is 16.3. The van der Waals surface area contributed by atoms with E-state index in [4.69, 9.17) is 11.5 Å². The smallest absolute Gasteiger partial charge is 0.0552 e. The van der Waals surface area contributed by atoms with Gasteiger partial charge in [0.1, 0.15) is 0 Å². The molecule has 102 valence electrons. The number of hydrogen-bond donors (Lipinski definition) is 4. The van der Waals surface area contributed by atoms with Crippen molar-refractivity contribution in [2.24, 2.45) is 11.5 Å². The van der Waals surface area contributed by atoms with Crippen molar-refractivity contribution < 1.29 is 10.2 Å². The maximum atomic E-state index is 9.54. The van der Waals surface area contributed by atoms with E-state index in [1.165, 1.54) is 0 Å². The molecule has 1 aromatic rings. The van der Waals surface area contributed by atoms with E-state index in [2.05, 4.69) is 0 Å². The summed E-state index contributed by atoms with van der Waals surface area (Å²) in [5.41, 5.74) is 15.6. The Morgan fingerprint density at radius 2 is 1.39 bits per heavy atom. The highest BCUT2D eigenvalue weighted by molar-refractivity contribution is 5.40. The van der Waals surface area contributed by atoms with Gasteiger partial charge in [-0.15, -0.1) is 0 Å². The number of hydrogen-bond acceptors (Lipinski definition) is 4. The fourth-order valence-electron chi connectivity index (χ4n) is 2.25. The van der Waals surface area contributed by atoms with Crippen molar-refractivity contribution in [1.29, 1.82) is 0 Å². The molecule has 0 bridgehead atoms. The Kier molecular flexibility index (Phi) is 5.75. The molecule has 1 rings (SSSR count). The first kappa shape index (κ1) is 15.1. The van der Waals surface area contributed by atoms with Crippen LogP contribution in [0, 0.1) is 0 Å². The molecule has 2 atom stereocenters. The van der Waals surface area contributed by atoms with Crippen LogP contribution in [-0.2, 0) is 25.9 Å². The van der Waals surface area contributed by atoms with E-state index < -0.39 is 6.10 Å². The van der Waals surface area contributed by atoms with Gasteiger partial charge >= 0.3 is 0 Å². The van der Waals surface area contributed by atoms with E-state index in [1.807, 2.05) is 12.1 Å². The van der Waals surface area contributed by atoms with Crippen molar-refractivity contribution >= 4 is 0 Å². The highest BCUT2D eigenvalue weighted by Gasteiger charge is 2.12. The fourth-order valence-corrected chi connectivity index (χ4v) is 2.25. The molecule has 4 nitrogen and oxygen atoms in total. The second-order valence-electron chi connectivity index (χ2n) is 4.91. The fraction of sp³-hybridized carbons (Fsp3) is 0.571. The molecule has 0 amide bonds. The van der Waals surface area contributed by atoms with E-state index in [9.17, 15) is 10.2 Å². The van der Waals surface area contributed by atoms with Crippen LogP contribution in [0.1, 0.15) is 36.1 Å². The summed E-state index contributed by atoms with van der Waals surface area (Å²) in [7, 11) is 0. The molecule has 0 aliphatic carbocycles. The van der Waals surface area contributed by atoms with Crippen LogP contribution in [0.2, 0.25) is 0 Å². The molecular weight excluding hydrogens is 228 g/mol. The third kappa shape index (κ3) is 4.07. The normalized spacial score (nSPS) is 14.6. The summed E-state index contributed by atoms with van der Waals surface area (Å²) in [4.78, 5) is 0. The molecule has 0 radical (unpaired) electrons. The largest absolute Gasteiger partial charge is 0.393 e. The van der Waals surface area contributed by atoms with Crippen molar-refractivity contribution in [3.63, 3.8) is 0 Å². The van der Waals surface area contributed by atoms with Gasteiger partial charge in [0.25, 0.3) is 0 Å². The lowest BCUT2D eigenvalue weighted by Crippen LogP contribution is -2.15. The van der Waals surface area contributed by atoms with Crippen molar-refractivity contribution in [3.05, 3.63) is 34.4 Å². The molecule has 0 spiro atoms. The van der Waals surface area contributed by atoms with Gasteiger partial charge in [-0.1, -0.05) is 12.1 Å². The summed E-state index contributed by atoms with van der Waals surface area (Å²) in [6, 6.07) is 4.01. The minimum Gasteiger partial charge on any atom is -0.393 e. The lowest BCUT2D eigenvalue weighted by molar-refractivity contribution is 0.193. The summed E-state index contributed by atoms with van der Waals surface area (Å²) >= 11 is 0. The van der Waals surface area contributed by atoms with Crippen LogP contribution in [-0.4, -0.2) is 22.4 Å². The lowest BCUT2D eigenvalue weighted by atomic mass is 9.92. The number of aliphatic hydroxyl groups is 2. The number of rotatable bonds is 6. The van der Waals surface area contributed by atoms with Gasteiger partial charge in [-0.3, -0.25) is 0 Å². The molecule has 0 aromatic heterocycles. The molecule has 4 heteroatoms. The minimum absolute atomic E-state index is 0.385. The lowest BCUT2D eigenvalue weighted by Gasteiger charge is -2.17. The second kappa shape index (κ2) is 6.85. The Labute approximate surface area is 109 Å². The van der Waals surface area contributed by atoms with E-state index in [-0.39, 0.29) is 6.10 Å². The van der Waals surface area contributed by atoms with Gasteiger partial charge in [0.05, 0.1) is 12.2 Å². The first-order valence-electron chi connectivity index (χ1n) is 6.37. The Morgan fingerprint density at radius 1 is 0.944 bits per heavy atom. The maximum absolute atomic E-state index is 9.54. The van der Waals surface area contributed by atoms with Crippen LogP contribution in [0.3, 0.4) is 0 Å². The average Bonchev–Trinajstić information content (AvgIpc) is 2.29. The summed E-state index contributed by atoms with van der Waals surface area (Å²) < 4.78 is 0. The van der Waals surface area contributed by atoms with Gasteiger partial charge in [-0.2, -0.15) is 0 Å². The summed E-state index contributed by atoms with van der Waals surface area (Å²) in [5, 5.41) is 19.0. The van der Waals surface area contributed by atoms with Crippen LogP contribution in [0.15, 0.2) is 12.1 Å². The summed E-state index contributed by atoms with van der Waals surface area (Å²) in [6.45, 7) is 4.35. The molecule has 0 saturated carbocycles. The van der Waals surface area contributed by atoms with E-state index in [0.29, 0.717) is 25.9 Å². The Hall–Kier alpha value is -0.940. The van der Waals surface area contributed by atoms with Crippen LogP contribution in [0.25, 0.3) is 0 Å². The van der Waals surface area contributed by atoms with Gasteiger partial charge in [-0.25, -0.2) is 0 Å². The van der Waals surface area contributed by atoms with E-state index in [1.54, 1.807) is 13.8 Å². The van der Waals surface area contributed by atoms with E-state index in [0.717, 1.165) is 22.3 Å². The Morgan fingerprint density at radius 3 is 1.72 bits per heavy atom. The molecule has 0 heterocycles. The van der Waals surface area contributed by atoms with Crippen molar-refractivity contribution in [1.82, 2.24) is 0 Å². The average molecular weight is 252 g/mol. The van der Waals surface area contributed by atoms with Crippen LogP contribution in [0.5, 0.6) is 0 Å². The Bertz CT molecular complexity index is 364. The second-order valence-corrected chi connectivity index (χ2v) is 4.91. The molecular formula is C14H24N2O2. The first-order chi connectivity index (χ1) is 8.47. The number of benzene rings is 1.